The van der Waals surface area contributed by atoms with Gasteiger partial charge in [0.25, 0.3) is 0 Å². The van der Waals surface area contributed by atoms with Gasteiger partial charge in [0.1, 0.15) is 6.10 Å². The molecule has 7 heteroatoms. The van der Waals surface area contributed by atoms with Crippen LogP contribution >= 0.6 is 0 Å². The van der Waals surface area contributed by atoms with Gasteiger partial charge in [0, 0.05) is 6.54 Å². The van der Waals surface area contributed by atoms with E-state index in [1.165, 1.54) is 0 Å². The van der Waals surface area contributed by atoms with Gasteiger partial charge in [0.2, 0.25) is 0 Å². The number of aryl methyl sites for hydroxylation is 1. The van der Waals surface area contributed by atoms with E-state index in [1.807, 2.05) is 4.68 Å². The average molecular weight is 241 g/mol. The number of hydrogen-bond donors (Lipinski definition) is 2. The Morgan fingerprint density at radius 3 is 3.18 bits per heavy atom. The Bertz CT molecular complexity index is 337. The maximum atomic E-state index is 5.65. The molecule has 1 aliphatic heterocycles. The van der Waals surface area contributed by atoms with Crippen LogP contribution in [0.3, 0.4) is 0 Å². The predicted molar refractivity (Wildman–Crippen MR) is 60.9 cm³/mol. The Labute approximate surface area is 100 Å². The molecule has 1 aromatic heterocycles. The fraction of sp³-hybridized carbons (Fsp3) is 0.800. The molecule has 1 fully saturated rings. The summed E-state index contributed by atoms with van der Waals surface area (Å²) in [7, 11) is 0. The molecular weight excluding hydrogens is 222 g/mol. The van der Waals surface area contributed by atoms with Crippen molar-refractivity contribution in [2.45, 2.75) is 32.0 Å². The summed E-state index contributed by atoms with van der Waals surface area (Å²) in [5, 5.41) is 7.97. The van der Waals surface area contributed by atoms with Crippen molar-refractivity contribution in [1.29, 1.82) is 0 Å². The van der Waals surface area contributed by atoms with E-state index >= 15 is 0 Å². The lowest BCUT2D eigenvalue weighted by Gasteiger charge is -2.29. The SMILES string of the molecule is CCCn1nncc1C(NN)C1COCCO1. The molecule has 1 aliphatic rings. The second-order valence-corrected chi connectivity index (χ2v) is 4.01. The second-order valence-electron chi connectivity index (χ2n) is 4.01. The number of hydrogen-bond acceptors (Lipinski definition) is 6. The summed E-state index contributed by atoms with van der Waals surface area (Å²) in [4.78, 5) is 0. The molecule has 0 aliphatic carbocycles. The van der Waals surface area contributed by atoms with Crippen LogP contribution in [-0.4, -0.2) is 40.9 Å². The number of rotatable bonds is 5. The molecule has 0 aromatic carbocycles. The summed E-state index contributed by atoms with van der Waals surface area (Å²) < 4.78 is 12.9. The van der Waals surface area contributed by atoms with Gasteiger partial charge in [-0.2, -0.15) is 0 Å². The molecule has 0 spiro atoms. The number of nitrogens with zero attached hydrogens (tertiary/aromatic N) is 3. The van der Waals surface area contributed by atoms with Crippen molar-refractivity contribution < 1.29 is 9.47 Å². The third-order valence-corrected chi connectivity index (χ3v) is 2.79. The minimum absolute atomic E-state index is 0.0946. The number of hydrazine groups is 1. The van der Waals surface area contributed by atoms with Crippen LogP contribution in [0.15, 0.2) is 6.20 Å². The molecular formula is C10H19N5O2. The Kier molecular flexibility index (Phi) is 4.43. The zero-order valence-corrected chi connectivity index (χ0v) is 10.0. The van der Waals surface area contributed by atoms with E-state index in [-0.39, 0.29) is 12.1 Å². The zero-order valence-electron chi connectivity index (χ0n) is 10.0. The van der Waals surface area contributed by atoms with E-state index in [4.69, 9.17) is 15.3 Å². The van der Waals surface area contributed by atoms with Gasteiger partial charge in [0.05, 0.1) is 37.8 Å². The smallest absolute Gasteiger partial charge is 0.103 e. The summed E-state index contributed by atoms with van der Waals surface area (Å²) in [6.07, 6.45) is 2.62. The first-order valence-corrected chi connectivity index (χ1v) is 5.90. The maximum Gasteiger partial charge on any atom is 0.103 e. The number of ether oxygens (including phenoxy) is 2. The van der Waals surface area contributed by atoms with Crippen molar-refractivity contribution >= 4 is 0 Å². The number of nitrogens with one attached hydrogen (secondary N) is 1. The normalized spacial score (nSPS) is 22.6. The van der Waals surface area contributed by atoms with Gasteiger partial charge in [-0.3, -0.25) is 5.84 Å². The van der Waals surface area contributed by atoms with Crippen LogP contribution in [0.2, 0.25) is 0 Å². The highest BCUT2D eigenvalue weighted by atomic mass is 16.6. The maximum absolute atomic E-state index is 5.65. The standard InChI is InChI=1S/C10H19N5O2/c1-2-3-15-8(6-12-14-15)10(13-11)9-7-16-4-5-17-9/h6,9-10,13H,2-5,7,11H2,1H3. The van der Waals surface area contributed by atoms with E-state index < -0.39 is 0 Å². The fourth-order valence-electron chi connectivity index (χ4n) is 1.97. The van der Waals surface area contributed by atoms with E-state index in [1.54, 1.807) is 6.20 Å². The molecule has 1 saturated heterocycles. The molecule has 2 rings (SSSR count). The van der Waals surface area contributed by atoms with Gasteiger partial charge in [0.15, 0.2) is 0 Å². The quantitative estimate of drug-likeness (QED) is 0.539. The lowest BCUT2D eigenvalue weighted by Crippen LogP contribution is -2.44. The zero-order chi connectivity index (χ0) is 12.1. The van der Waals surface area contributed by atoms with Crippen molar-refractivity contribution in [3.63, 3.8) is 0 Å². The van der Waals surface area contributed by atoms with E-state index in [0.717, 1.165) is 18.7 Å². The third kappa shape index (κ3) is 2.81. The summed E-state index contributed by atoms with van der Waals surface area (Å²) >= 11 is 0. The Hall–Kier alpha value is -1.02. The molecule has 1 aromatic rings. The Morgan fingerprint density at radius 2 is 2.53 bits per heavy atom. The summed E-state index contributed by atoms with van der Waals surface area (Å²) in [5.41, 5.74) is 3.70. The molecule has 0 bridgehead atoms. The summed E-state index contributed by atoms with van der Waals surface area (Å²) in [6.45, 7) is 4.68. The monoisotopic (exact) mass is 241 g/mol. The molecule has 7 nitrogen and oxygen atoms in total. The highest BCUT2D eigenvalue weighted by molar-refractivity contribution is 5.05. The molecule has 2 unspecified atom stereocenters. The fourth-order valence-corrected chi connectivity index (χ4v) is 1.97. The highest BCUT2D eigenvalue weighted by Crippen LogP contribution is 2.20. The summed E-state index contributed by atoms with van der Waals surface area (Å²) in [5.74, 6) is 5.61. The lowest BCUT2D eigenvalue weighted by molar-refractivity contribution is -0.103. The van der Waals surface area contributed by atoms with Crippen LogP contribution in [0.25, 0.3) is 0 Å². The third-order valence-electron chi connectivity index (χ3n) is 2.79. The lowest BCUT2D eigenvalue weighted by atomic mass is 10.1. The second kappa shape index (κ2) is 6.06. The van der Waals surface area contributed by atoms with Gasteiger partial charge in [-0.15, -0.1) is 5.10 Å². The average Bonchev–Trinajstić information content (AvgIpc) is 2.81. The number of nitrogens with two attached hydrogens (primary N) is 1. The van der Waals surface area contributed by atoms with E-state index in [9.17, 15) is 0 Å². The molecule has 2 heterocycles. The molecule has 0 saturated carbocycles. The largest absolute Gasteiger partial charge is 0.376 e. The van der Waals surface area contributed by atoms with Crippen molar-refractivity contribution in [3.8, 4) is 0 Å². The van der Waals surface area contributed by atoms with Gasteiger partial charge in [-0.25, -0.2) is 10.1 Å². The number of aromatic nitrogens is 3. The predicted octanol–water partition coefficient (Wildman–Crippen LogP) is -0.392. The van der Waals surface area contributed by atoms with Crippen LogP contribution in [0.1, 0.15) is 25.1 Å². The van der Waals surface area contributed by atoms with Crippen molar-refractivity contribution in [2.75, 3.05) is 19.8 Å². The minimum Gasteiger partial charge on any atom is -0.376 e. The highest BCUT2D eigenvalue weighted by Gasteiger charge is 2.28. The first-order chi connectivity index (χ1) is 8.36. The minimum atomic E-state index is -0.142. The van der Waals surface area contributed by atoms with Crippen LogP contribution in [0.4, 0.5) is 0 Å². The molecule has 0 radical (unpaired) electrons. The van der Waals surface area contributed by atoms with Crippen LogP contribution in [-0.2, 0) is 16.0 Å². The van der Waals surface area contributed by atoms with Crippen LogP contribution in [0.5, 0.6) is 0 Å². The van der Waals surface area contributed by atoms with Crippen molar-refractivity contribution in [2.24, 2.45) is 5.84 Å². The van der Waals surface area contributed by atoms with Crippen molar-refractivity contribution in [3.05, 3.63) is 11.9 Å². The molecule has 17 heavy (non-hydrogen) atoms. The van der Waals surface area contributed by atoms with E-state index in [0.29, 0.717) is 19.8 Å². The van der Waals surface area contributed by atoms with Gasteiger partial charge in [-0.05, 0) is 6.42 Å². The first-order valence-electron chi connectivity index (χ1n) is 5.90. The van der Waals surface area contributed by atoms with Gasteiger partial charge in [-0.1, -0.05) is 12.1 Å². The Balaban J connectivity index is 2.12. The summed E-state index contributed by atoms with van der Waals surface area (Å²) in [6, 6.07) is -0.142. The molecule has 2 atom stereocenters. The van der Waals surface area contributed by atoms with Crippen LogP contribution < -0.4 is 11.3 Å². The molecule has 96 valence electrons. The van der Waals surface area contributed by atoms with Crippen molar-refractivity contribution in [1.82, 2.24) is 20.4 Å². The molecule has 0 amide bonds. The van der Waals surface area contributed by atoms with Crippen LogP contribution in [0, 0.1) is 0 Å². The van der Waals surface area contributed by atoms with E-state index in [2.05, 4.69) is 22.7 Å². The molecule has 3 N–H and O–H groups in total. The van der Waals surface area contributed by atoms with Gasteiger partial charge >= 0.3 is 0 Å². The van der Waals surface area contributed by atoms with Gasteiger partial charge < -0.3 is 9.47 Å². The Morgan fingerprint density at radius 1 is 1.65 bits per heavy atom. The first kappa shape index (κ1) is 12.4. The topological polar surface area (TPSA) is 87.2 Å².